The maximum absolute atomic E-state index is 13.3. The van der Waals surface area contributed by atoms with Crippen molar-refractivity contribution in [2.75, 3.05) is 7.11 Å². The van der Waals surface area contributed by atoms with Gasteiger partial charge in [-0.25, -0.2) is 0 Å². The van der Waals surface area contributed by atoms with Gasteiger partial charge >= 0.3 is 0 Å². The minimum Gasteiger partial charge on any atom is -0.497 e. The molecule has 1 atom stereocenters. The third-order valence-electron chi connectivity index (χ3n) is 6.63. The van der Waals surface area contributed by atoms with Crippen LogP contribution in [0.25, 0.3) is 0 Å². The normalized spacial score (nSPS) is 14.8. The van der Waals surface area contributed by atoms with Gasteiger partial charge in [0.2, 0.25) is 11.8 Å². The van der Waals surface area contributed by atoms with Crippen molar-refractivity contribution >= 4 is 11.8 Å². The van der Waals surface area contributed by atoms with E-state index in [9.17, 15) is 9.59 Å². The maximum Gasteiger partial charge on any atom is 0.242 e. The number of nitrogens with zero attached hydrogens (tertiary/aromatic N) is 1. The van der Waals surface area contributed by atoms with Gasteiger partial charge in [0.05, 0.1) is 7.11 Å². The summed E-state index contributed by atoms with van der Waals surface area (Å²) in [5, 5.41) is 3.16. The molecule has 1 saturated carbocycles. The van der Waals surface area contributed by atoms with Crippen molar-refractivity contribution in [1.29, 1.82) is 0 Å². The van der Waals surface area contributed by atoms with Crippen LogP contribution in [0.4, 0.5) is 0 Å². The van der Waals surface area contributed by atoms with Gasteiger partial charge in [0.1, 0.15) is 11.8 Å². The molecule has 0 heterocycles. The molecule has 1 fully saturated rings. The molecule has 0 aromatic heterocycles. The van der Waals surface area contributed by atoms with Crippen LogP contribution < -0.4 is 10.1 Å². The Morgan fingerprint density at radius 3 is 2.36 bits per heavy atom. The molecule has 1 aliphatic carbocycles. The van der Waals surface area contributed by atoms with Crippen LogP contribution in [0, 0.1) is 0 Å². The van der Waals surface area contributed by atoms with E-state index >= 15 is 0 Å². The quantitative estimate of drug-likeness (QED) is 0.539. The van der Waals surface area contributed by atoms with Gasteiger partial charge in [0.25, 0.3) is 0 Å². The summed E-state index contributed by atoms with van der Waals surface area (Å²) in [5.74, 6) is 1.14. The molecule has 3 rings (SSSR count). The lowest BCUT2D eigenvalue weighted by atomic mass is 10.00. The fraction of sp³-hybridized carbons (Fsp3) is 0.500. The highest BCUT2D eigenvalue weighted by atomic mass is 16.5. The molecule has 1 aliphatic rings. The first-order valence-corrected chi connectivity index (χ1v) is 12.2. The third-order valence-corrected chi connectivity index (χ3v) is 6.63. The highest BCUT2D eigenvalue weighted by Gasteiger charge is 2.28. The van der Waals surface area contributed by atoms with E-state index in [2.05, 4.69) is 43.4 Å². The van der Waals surface area contributed by atoms with Crippen LogP contribution in [0.1, 0.15) is 75.5 Å². The summed E-state index contributed by atoms with van der Waals surface area (Å²) < 4.78 is 5.34. The number of methoxy groups -OCH3 is 1. The third kappa shape index (κ3) is 7.08. The van der Waals surface area contributed by atoms with Crippen LogP contribution in [0.2, 0.25) is 0 Å². The van der Waals surface area contributed by atoms with E-state index in [1.165, 1.54) is 5.56 Å². The fourth-order valence-electron chi connectivity index (χ4n) is 4.41. The summed E-state index contributed by atoms with van der Waals surface area (Å²) in [6, 6.07) is 15.9. The molecule has 33 heavy (non-hydrogen) atoms. The predicted octanol–water partition coefficient (Wildman–Crippen LogP) is 5.23. The van der Waals surface area contributed by atoms with E-state index in [0.717, 1.165) is 42.6 Å². The number of aryl methyl sites for hydroxylation is 1. The Morgan fingerprint density at radius 1 is 1.03 bits per heavy atom. The van der Waals surface area contributed by atoms with Crippen molar-refractivity contribution in [3.8, 4) is 5.75 Å². The summed E-state index contributed by atoms with van der Waals surface area (Å²) in [6.07, 6.45) is 5.38. The van der Waals surface area contributed by atoms with Gasteiger partial charge in [-0.3, -0.25) is 9.59 Å². The topological polar surface area (TPSA) is 58.6 Å². The highest BCUT2D eigenvalue weighted by molar-refractivity contribution is 5.87. The zero-order chi connectivity index (χ0) is 23.8. The first-order valence-electron chi connectivity index (χ1n) is 12.2. The Balaban J connectivity index is 1.71. The molecular weight excluding hydrogens is 412 g/mol. The van der Waals surface area contributed by atoms with Crippen LogP contribution in [-0.2, 0) is 22.6 Å². The minimum atomic E-state index is -0.535. The molecule has 1 N–H and O–H groups in total. The number of amides is 2. The Labute approximate surface area is 198 Å². The summed E-state index contributed by atoms with van der Waals surface area (Å²) in [7, 11) is 1.63. The lowest BCUT2D eigenvalue weighted by Gasteiger charge is -2.30. The fourth-order valence-corrected chi connectivity index (χ4v) is 4.41. The van der Waals surface area contributed by atoms with Crippen molar-refractivity contribution in [1.82, 2.24) is 10.2 Å². The summed E-state index contributed by atoms with van der Waals surface area (Å²) in [6.45, 7) is 6.56. The van der Waals surface area contributed by atoms with Crippen LogP contribution >= 0.6 is 0 Å². The molecule has 0 spiro atoms. The van der Waals surface area contributed by atoms with Crippen LogP contribution in [0.5, 0.6) is 5.75 Å². The van der Waals surface area contributed by atoms with Crippen LogP contribution in [0.15, 0.2) is 48.5 Å². The smallest absolute Gasteiger partial charge is 0.242 e. The van der Waals surface area contributed by atoms with Crippen molar-refractivity contribution in [2.45, 2.75) is 83.8 Å². The van der Waals surface area contributed by atoms with Gasteiger partial charge in [-0.1, -0.05) is 63.1 Å². The van der Waals surface area contributed by atoms with Gasteiger partial charge in [-0.05, 0) is 60.9 Å². The van der Waals surface area contributed by atoms with Gasteiger partial charge < -0.3 is 15.0 Å². The second-order valence-electron chi connectivity index (χ2n) is 9.44. The molecule has 178 valence electrons. The average molecular weight is 451 g/mol. The Bertz CT molecular complexity index is 917. The zero-order valence-electron chi connectivity index (χ0n) is 20.5. The van der Waals surface area contributed by atoms with E-state index in [0.29, 0.717) is 25.3 Å². The Kier molecular flexibility index (Phi) is 8.93. The first-order chi connectivity index (χ1) is 15.9. The molecule has 0 saturated heterocycles. The lowest BCUT2D eigenvalue weighted by Crippen LogP contribution is -2.49. The van der Waals surface area contributed by atoms with E-state index < -0.39 is 6.04 Å². The zero-order valence-corrected chi connectivity index (χ0v) is 20.5. The van der Waals surface area contributed by atoms with Crippen molar-refractivity contribution in [3.05, 3.63) is 65.2 Å². The second kappa shape index (κ2) is 11.9. The van der Waals surface area contributed by atoms with Gasteiger partial charge in [0.15, 0.2) is 0 Å². The molecule has 0 radical (unpaired) electrons. The number of hydrogen-bond acceptors (Lipinski definition) is 3. The first kappa shape index (κ1) is 24.8. The molecule has 0 aliphatic heterocycles. The van der Waals surface area contributed by atoms with Crippen molar-refractivity contribution in [2.24, 2.45) is 0 Å². The standard InChI is InChI=1S/C28H38N2O3/c1-20(2)24-15-12-22(13-16-24)14-17-27(31)30(19-23-8-7-11-26(18-23)33-4)21(3)28(32)29-25-9-5-6-10-25/h7-8,11-13,15-16,18,20-21,25H,5-6,9-10,14,17,19H2,1-4H3,(H,29,32). The van der Waals surface area contributed by atoms with E-state index in [-0.39, 0.29) is 17.9 Å². The molecule has 2 aromatic carbocycles. The number of carbonyl (C=O) groups is 2. The Hall–Kier alpha value is -2.82. The molecule has 1 unspecified atom stereocenters. The van der Waals surface area contributed by atoms with Crippen LogP contribution in [0.3, 0.4) is 0 Å². The highest BCUT2D eigenvalue weighted by Crippen LogP contribution is 2.21. The molecule has 0 bridgehead atoms. The predicted molar refractivity (Wildman–Crippen MR) is 132 cm³/mol. The maximum atomic E-state index is 13.3. The van der Waals surface area contributed by atoms with Gasteiger partial charge in [-0.15, -0.1) is 0 Å². The van der Waals surface area contributed by atoms with Gasteiger partial charge in [-0.2, -0.15) is 0 Å². The number of nitrogens with one attached hydrogen (secondary N) is 1. The van der Waals surface area contributed by atoms with E-state index in [1.54, 1.807) is 12.0 Å². The van der Waals surface area contributed by atoms with E-state index in [4.69, 9.17) is 4.74 Å². The average Bonchev–Trinajstić information content (AvgIpc) is 3.34. The minimum absolute atomic E-state index is 0.0140. The number of hydrogen-bond donors (Lipinski definition) is 1. The molecule has 2 aromatic rings. The van der Waals surface area contributed by atoms with Gasteiger partial charge in [0, 0.05) is 19.0 Å². The lowest BCUT2D eigenvalue weighted by molar-refractivity contribution is -0.140. The number of carbonyl (C=O) groups excluding carboxylic acids is 2. The summed E-state index contributed by atoms with van der Waals surface area (Å²) in [4.78, 5) is 28.1. The van der Waals surface area contributed by atoms with Crippen LogP contribution in [-0.4, -0.2) is 35.9 Å². The summed E-state index contributed by atoms with van der Waals surface area (Å²) in [5.41, 5.74) is 3.38. The molecule has 2 amide bonds. The SMILES string of the molecule is COc1cccc(CN(C(=O)CCc2ccc(C(C)C)cc2)C(C)C(=O)NC2CCCC2)c1. The summed E-state index contributed by atoms with van der Waals surface area (Å²) >= 11 is 0. The number of ether oxygens (including phenoxy) is 1. The van der Waals surface area contributed by atoms with Crippen molar-refractivity contribution in [3.63, 3.8) is 0 Å². The Morgan fingerprint density at radius 2 is 1.73 bits per heavy atom. The number of benzene rings is 2. The van der Waals surface area contributed by atoms with Crippen molar-refractivity contribution < 1.29 is 14.3 Å². The molecule has 5 nitrogen and oxygen atoms in total. The molecule has 5 heteroatoms. The van der Waals surface area contributed by atoms with E-state index in [1.807, 2.05) is 31.2 Å². The second-order valence-corrected chi connectivity index (χ2v) is 9.44. The monoisotopic (exact) mass is 450 g/mol. The number of rotatable bonds is 10. The largest absolute Gasteiger partial charge is 0.497 e. The molecular formula is C28H38N2O3.